The van der Waals surface area contributed by atoms with Gasteiger partial charge in [0.05, 0.1) is 6.04 Å². The fourth-order valence-corrected chi connectivity index (χ4v) is 1.30. The molecule has 1 heterocycles. The molecule has 1 atom stereocenters. The van der Waals surface area contributed by atoms with Crippen molar-refractivity contribution < 1.29 is 9.53 Å². The maximum atomic E-state index is 11.6. The van der Waals surface area contributed by atoms with Crippen LogP contribution in [-0.4, -0.2) is 30.6 Å². The molecule has 0 saturated carbocycles. The SMILES string of the molecule is COCCC(N)C(=O)NCc1ccc(C)nc1. The smallest absolute Gasteiger partial charge is 0.237 e. The Morgan fingerprint density at radius 2 is 2.35 bits per heavy atom. The van der Waals surface area contributed by atoms with E-state index in [-0.39, 0.29) is 5.91 Å². The average molecular weight is 237 g/mol. The molecule has 5 heteroatoms. The van der Waals surface area contributed by atoms with Crippen LogP contribution in [0, 0.1) is 6.92 Å². The third-order valence-corrected chi connectivity index (χ3v) is 2.41. The van der Waals surface area contributed by atoms with Gasteiger partial charge in [-0.2, -0.15) is 0 Å². The van der Waals surface area contributed by atoms with E-state index >= 15 is 0 Å². The van der Waals surface area contributed by atoms with Gasteiger partial charge in [-0.05, 0) is 25.0 Å². The minimum absolute atomic E-state index is 0.164. The summed E-state index contributed by atoms with van der Waals surface area (Å²) >= 11 is 0. The lowest BCUT2D eigenvalue weighted by molar-refractivity contribution is -0.122. The zero-order chi connectivity index (χ0) is 12.7. The molecular weight excluding hydrogens is 218 g/mol. The van der Waals surface area contributed by atoms with E-state index < -0.39 is 6.04 Å². The van der Waals surface area contributed by atoms with Crippen molar-refractivity contribution in [2.24, 2.45) is 5.73 Å². The van der Waals surface area contributed by atoms with Crippen LogP contribution in [0.1, 0.15) is 17.7 Å². The quantitative estimate of drug-likeness (QED) is 0.749. The molecule has 94 valence electrons. The molecule has 1 aromatic heterocycles. The number of aryl methyl sites for hydroxylation is 1. The van der Waals surface area contributed by atoms with Crippen molar-refractivity contribution in [1.82, 2.24) is 10.3 Å². The van der Waals surface area contributed by atoms with Crippen LogP contribution < -0.4 is 11.1 Å². The van der Waals surface area contributed by atoms with Crippen LogP contribution in [-0.2, 0) is 16.1 Å². The maximum Gasteiger partial charge on any atom is 0.237 e. The van der Waals surface area contributed by atoms with Gasteiger partial charge in [-0.1, -0.05) is 6.07 Å². The number of rotatable bonds is 6. The summed E-state index contributed by atoms with van der Waals surface area (Å²) in [6, 6.07) is 3.32. The molecule has 0 aliphatic rings. The van der Waals surface area contributed by atoms with Crippen molar-refractivity contribution in [2.45, 2.75) is 25.9 Å². The first kappa shape index (κ1) is 13.6. The Balaban J connectivity index is 2.34. The number of nitrogens with one attached hydrogen (secondary N) is 1. The van der Waals surface area contributed by atoms with Crippen molar-refractivity contribution >= 4 is 5.91 Å². The van der Waals surface area contributed by atoms with E-state index in [1.807, 2.05) is 19.1 Å². The summed E-state index contributed by atoms with van der Waals surface area (Å²) in [5.74, 6) is -0.164. The van der Waals surface area contributed by atoms with Crippen molar-refractivity contribution in [2.75, 3.05) is 13.7 Å². The van der Waals surface area contributed by atoms with Gasteiger partial charge in [0.2, 0.25) is 5.91 Å². The van der Waals surface area contributed by atoms with E-state index in [0.29, 0.717) is 19.6 Å². The van der Waals surface area contributed by atoms with Gasteiger partial charge in [0.25, 0.3) is 0 Å². The highest BCUT2D eigenvalue weighted by molar-refractivity contribution is 5.81. The number of aromatic nitrogens is 1. The summed E-state index contributed by atoms with van der Waals surface area (Å²) in [7, 11) is 1.59. The minimum Gasteiger partial charge on any atom is -0.385 e. The lowest BCUT2D eigenvalue weighted by Gasteiger charge is -2.11. The van der Waals surface area contributed by atoms with E-state index in [0.717, 1.165) is 11.3 Å². The largest absolute Gasteiger partial charge is 0.385 e. The molecule has 0 aromatic carbocycles. The number of nitrogens with two attached hydrogens (primary N) is 1. The summed E-state index contributed by atoms with van der Waals surface area (Å²) in [5, 5.41) is 2.77. The molecule has 0 aliphatic carbocycles. The van der Waals surface area contributed by atoms with Gasteiger partial charge in [0.1, 0.15) is 0 Å². The number of pyridine rings is 1. The van der Waals surface area contributed by atoms with Crippen LogP contribution >= 0.6 is 0 Å². The van der Waals surface area contributed by atoms with Gasteiger partial charge in [-0.25, -0.2) is 0 Å². The summed E-state index contributed by atoms with van der Waals surface area (Å²) in [4.78, 5) is 15.7. The number of ether oxygens (including phenoxy) is 1. The van der Waals surface area contributed by atoms with Crippen molar-refractivity contribution in [3.63, 3.8) is 0 Å². The second-order valence-electron chi connectivity index (χ2n) is 3.91. The first-order chi connectivity index (χ1) is 8.13. The summed E-state index contributed by atoms with van der Waals surface area (Å²) in [6.45, 7) is 2.86. The molecular formula is C12H19N3O2. The van der Waals surface area contributed by atoms with Gasteiger partial charge in [-0.15, -0.1) is 0 Å². The van der Waals surface area contributed by atoms with Crippen molar-refractivity contribution in [1.29, 1.82) is 0 Å². The molecule has 0 fully saturated rings. The molecule has 17 heavy (non-hydrogen) atoms. The minimum atomic E-state index is -0.520. The molecule has 1 unspecified atom stereocenters. The van der Waals surface area contributed by atoms with Crippen LogP contribution in [0.2, 0.25) is 0 Å². The molecule has 1 amide bonds. The molecule has 0 aliphatic heterocycles. The van der Waals surface area contributed by atoms with Gasteiger partial charge >= 0.3 is 0 Å². The van der Waals surface area contributed by atoms with E-state index in [1.165, 1.54) is 0 Å². The third kappa shape index (κ3) is 4.93. The normalized spacial score (nSPS) is 12.2. The molecule has 0 radical (unpaired) electrons. The van der Waals surface area contributed by atoms with Crippen LogP contribution in [0.4, 0.5) is 0 Å². The molecule has 0 saturated heterocycles. The highest BCUT2D eigenvalue weighted by Crippen LogP contribution is 1.99. The van der Waals surface area contributed by atoms with Crippen LogP contribution in [0.15, 0.2) is 18.3 Å². The monoisotopic (exact) mass is 237 g/mol. The zero-order valence-electron chi connectivity index (χ0n) is 10.3. The molecule has 3 N–H and O–H groups in total. The maximum absolute atomic E-state index is 11.6. The molecule has 1 rings (SSSR count). The number of carbonyl (C=O) groups excluding carboxylic acids is 1. The van der Waals surface area contributed by atoms with Crippen molar-refractivity contribution in [3.8, 4) is 0 Å². The number of nitrogens with zero attached hydrogens (tertiary/aromatic N) is 1. The number of hydrogen-bond acceptors (Lipinski definition) is 4. The standard InChI is InChI=1S/C12H19N3O2/c1-9-3-4-10(7-14-9)8-15-12(16)11(13)5-6-17-2/h3-4,7,11H,5-6,8,13H2,1-2H3,(H,15,16). The Kier molecular flexibility index (Phi) is 5.59. The van der Waals surface area contributed by atoms with Crippen LogP contribution in [0.25, 0.3) is 0 Å². The Morgan fingerprint density at radius 1 is 1.59 bits per heavy atom. The predicted octanol–water partition coefficient (Wildman–Crippen LogP) is 0.370. The molecule has 1 aromatic rings. The Hall–Kier alpha value is -1.46. The van der Waals surface area contributed by atoms with Crippen molar-refractivity contribution in [3.05, 3.63) is 29.6 Å². The second kappa shape index (κ2) is 6.98. The van der Waals surface area contributed by atoms with Crippen LogP contribution in [0.5, 0.6) is 0 Å². The lowest BCUT2D eigenvalue weighted by atomic mass is 10.2. The topological polar surface area (TPSA) is 77.2 Å². The van der Waals surface area contributed by atoms with Gasteiger partial charge in [0.15, 0.2) is 0 Å². The lowest BCUT2D eigenvalue weighted by Crippen LogP contribution is -2.40. The van der Waals surface area contributed by atoms with E-state index in [2.05, 4.69) is 10.3 Å². The van der Waals surface area contributed by atoms with Gasteiger partial charge in [0, 0.05) is 32.2 Å². The predicted molar refractivity (Wildman–Crippen MR) is 65.3 cm³/mol. The van der Waals surface area contributed by atoms with Gasteiger partial charge < -0.3 is 15.8 Å². The highest BCUT2D eigenvalue weighted by Gasteiger charge is 2.12. The number of amides is 1. The first-order valence-corrected chi connectivity index (χ1v) is 5.57. The highest BCUT2D eigenvalue weighted by atomic mass is 16.5. The zero-order valence-corrected chi connectivity index (χ0v) is 10.3. The first-order valence-electron chi connectivity index (χ1n) is 5.57. The average Bonchev–Trinajstić information content (AvgIpc) is 2.34. The fraction of sp³-hybridized carbons (Fsp3) is 0.500. The molecule has 0 bridgehead atoms. The summed E-state index contributed by atoms with van der Waals surface area (Å²) in [5.41, 5.74) is 7.60. The number of methoxy groups -OCH3 is 1. The Bertz CT molecular complexity index is 351. The van der Waals surface area contributed by atoms with E-state index in [1.54, 1.807) is 13.3 Å². The number of hydrogen-bond donors (Lipinski definition) is 2. The third-order valence-electron chi connectivity index (χ3n) is 2.41. The number of carbonyl (C=O) groups is 1. The Labute approximate surface area is 101 Å². The molecule has 0 spiro atoms. The second-order valence-corrected chi connectivity index (χ2v) is 3.91. The fourth-order valence-electron chi connectivity index (χ4n) is 1.30. The van der Waals surface area contributed by atoms with E-state index in [4.69, 9.17) is 10.5 Å². The summed E-state index contributed by atoms with van der Waals surface area (Å²) in [6.07, 6.45) is 2.27. The Morgan fingerprint density at radius 3 is 2.94 bits per heavy atom. The van der Waals surface area contributed by atoms with Gasteiger partial charge in [-0.3, -0.25) is 9.78 Å². The van der Waals surface area contributed by atoms with E-state index in [9.17, 15) is 4.79 Å². The molecule has 5 nitrogen and oxygen atoms in total. The summed E-state index contributed by atoms with van der Waals surface area (Å²) < 4.78 is 4.87. The van der Waals surface area contributed by atoms with Crippen LogP contribution in [0.3, 0.4) is 0 Å².